The van der Waals surface area contributed by atoms with Crippen LogP contribution < -0.4 is 5.32 Å². The third-order valence-electron chi connectivity index (χ3n) is 6.48. The molecule has 4 heterocycles. The van der Waals surface area contributed by atoms with Crippen molar-refractivity contribution in [3.05, 3.63) is 120 Å². The molecule has 4 aromatic heterocycles. The maximum atomic E-state index is 13.3. The van der Waals surface area contributed by atoms with Gasteiger partial charge in [-0.3, -0.25) is 9.78 Å². The zero-order valence-corrected chi connectivity index (χ0v) is 21.2. The number of imidazole rings is 2. The fraction of sp³-hybridized carbons (Fsp3) is 0.103. The molecule has 6 rings (SSSR count). The van der Waals surface area contributed by atoms with Crippen molar-refractivity contribution in [3.63, 3.8) is 0 Å². The summed E-state index contributed by atoms with van der Waals surface area (Å²) in [6.07, 6.45) is 9.42. The van der Waals surface area contributed by atoms with E-state index in [9.17, 15) is 4.79 Å². The van der Waals surface area contributed by atoms with Crippen LogP contribution in [0.1, 0.15) is 28.1 Å². The molecule has 0 fully saturated rings. The number of nitrogens with zero attached hydrogens (tertiary/aromatic N) is 5. The highest BCUT2D eigenvalue weighted by Gasteiger charge is 2.24. The molecule has 38 heavy (non-hydrogen) atoms. The van der Waals surface area contributed by atoms with E-state index in [0.717, 1.165) is 22.6 Å². The number of hydrogen-bond donors (Lipinski definition) is 1. The normalized spacial score (nSPS) is 12.1. The van der Waals surface area contributed by atoms with Crippen molar-refractivity contribution >= 4 is 28.5 Å². The minimum Gasteiger partial charge on any atom is -0.451 e. The molecule has 0 spiro atoms. The van der Waals surface area contributed by atoms with Gasteiger partial charge in [-0.05, 0) is 48.0 Å². The van der Waals surface area contributed by atoms with Crippen molar-refractivity contribution in [1.29, 1.82) is 0 Å². The molecule has 0 aliphatic heterocycles. The minimum absolute atomic E-state index is 0.184. The summed E-state index contributed by atoms with van der Waals surface area (Å²) >= 11 is 6.29. The lowest BCUT2D eigenvalue weighted by atomic mass is 10.1. The van der Waals surface area contributed by atoms with E-state index >= 15 is 0 Å². The van der Waals surface area contributed by atoms with E-state index in [1.165, 1.54) is 0 Å². The van der Waals surface area contributed by atoms with Crippen molar-refractivity contribution in [1.82, 2.24) is 29.4 Å². The first kappa shape index (κ1) is 23.7. The quantitative estimate of drug-likeness (QED) is 0.287. The van der Waals surface area contributed by atoms with Gasteiger partial charge in [0.2, 0.25) is 0 Å². The maximum Gasteiger partial charge on any atom is 0.287 e. The van der Waals surface area contributed by atoms with Crippen LogP contribution in [0.5, 0.6) is 0 Å². The Morgan fingerprint density at radius 1 is 1.05 bits per heavy atom. The second kappa shape index (κ2) is 9.99. The van der Waals surface area contributed by atoms with Gasteiger partial charge in [0.15, 0.2) is 5.76 Å². The van der Waals surface area contributed by atoms with Crippen LogP contribution in [0.25, 0.3) is 27.9 Å². The molecule has 0 aliphatic carbocycles. The molecular weight excluding hydrogens is 500 g/mol. The summed E-state index contributed by atoms with van der Waals surface area (Å²) < 4.78 is 9.74. The highest BCUT2D eigenvalue weighted by atomic mass is 35.5. The van der Waals surface area contributed by atoms with Crippen LogP contribution in [0.15, 0.2) is 102 Å². The van der Waals surface area contributed by atoms with E-state index in [4.69, 9.17) is 21.0 Å². The van der Waals surface area contributed by atoms with Crippen molar-refractivity contribution < 1.29 is 9.21 Å². The van der Waals surface area contributed by atoms with Crippen LogP contribution in [0.4, 0.5) is 0 Å². The number of rotatable bonds is 7. The second-order valence-corrected chi connectivity index (χ2v) is 9.30. The molecule has 0 bridgehead atoms. The molecule has 0 saturated carbocycles. The van der Waals surface area contributed by atoms with E-state index in [0.29, 0.717) is 28.2 Å². The van der Waals surface area contributed by atoms with Gasteiger partial charge in [-0.15, -0.1) is 0 Å². The van der Waals surface area contributed by atoms with Gasteiger partial charge in [-0.2, -0.15) is 0 Å². The molecule has 9 heteroatoms. The summed E-state index contributed by atoms with van der Waals surface area (Å²) in [5, 5.41) is 4.33. The van der Waals surface area contributed by atoms with Crippen LogP contribution in [-0.2, 0) is 13.5 Å². The lowest BCUT2D eigenvalue weighted by molar-refractivity contribution is 0.0908. The molecule has 1 unspecified atom stereocenters. The lowest BCUT2D eigenvalue weighted by Crippen LogP contribution is -2.31. The Labute approximate surface area is 223 Å². The number of nitrogens with one attached hydrogen (secondary N) is 1. The predicted molar refractivity (Wildman–Crippen MR) is 145 cm³/mol. The third-order valence-corrected chi connectivity index (χ3v) is 6.81. The van der Waals surface area contributed by atoms with Crippen LogP contribution in [-0.4, -0.2) is 30.0 Å². The average molecular weight is 523 g/mol. The Morgan fingerprint density at radius 3 is 2.66 bits per heavy atom. The number of carbonyl (C=O) groups is 1. The molecule has 0 radical (unpaired) electrons. The molecule has 1 atom stereocenters. The second-order valence-electron chi connectivity index (χ2n) is 8.89. The highest BCUT2D eigenvalue weighted by Crippen LogP contribution is 2.28. The van der Waals surface area contributed by atoms with Gasteiger partial charge in [0.25, 0.3) is 5.91 Å². The average Bonchev–Trinajstić information content (AvgIpc) is 3.70. The Balaban J connectivity index is 1.31. The van der Waals surface area contributed by atoms with Crippen LogP contribution in [0.2, 0.25) is 5.02 Å². The molecule has 0 saturated heterocycles. The van der Waals surface area contributed by atoms with Gasteiger partial charge < -0.3 is 18.9 Å². The largest absolute Gasteiger partial charge is 0.451 e. The van der Waals surface area contributed by atoms with Gasteiger partial charge in [-0.1, -0.05) is 35.9 Å². The summed E-state index contributed by atoms with van der Waals surface area (Å²) in [7, 11) is 1.94. The van der Waals surface area contributed by atoms with Gasteiger partial charge in [0.05, 0.1) is 29.3 Å². The van der Waals surface area contributed by atoms with Crippen molar-refractivity contribution in [2.75, 3.05) is 0 Å². The third kappa shape index (κ3) is 4.57. The zero-order valence-electron chi connectivity index (χ0n) is 20.5. The Bertz CT molecular complexity index is 1710. The fourth-order valence-corrected chi connectivity index (χ4v) is 4.75. The number of carbonyl (C=O) groups excluding carboxylic acids is 1. The molecule has 2 aromatic carbocycles. The van der Waals surface area contributed by atoms with Crippen molar-refractivity contribution in [2.24, 2.45) is 7.05 Å². The number of furan rings is 1. The number of halogens is 1. The number of amides is 1. The number of aromatic nitrogens is 5. The van der Waals surface area contributed by atoms with E-state index in [-0.39, 0.29) is 11.7 Å². The predicted octanol–water partition coefficient (Wildman–Crippen LogP) is 5.78. The smallest absolute Gasteiger partial charge is 0.287 e. The van der Waals surface area contributed by atoms with Crippen molar-refractivity contribution in [3.8, 4) is 16.9 Å². The minimum atomic E-state index is -0.454. The Morgan fingerprint density at radius 2 is 1.92 bits per heavy atom. The standard InChI is InChI=1S/C29H23ClN6O2/c1-35-25(19-8-10-21(11-9-19)36-14-13-31-18-36)17-33-28(35)24(15-20-5-2-3-12-32-20)34-29(37)27-16-22-23(30)6-4-7-26(22)38-27/h2-14,16-18,24H,15H2,1H3,(H,34,37). The van der Waals surface area contributed by atoms with Gasteiger partial charge in [0.1, 0.15) is 11.4 Å². The van der Waals surface area contributed by atoms with Crippen LogP contribution >= 0.6 is 11.6 Å². The van der Waals surface area contributed by atoms with Crippen molar-refractivity contribution in [2.45, 2.75) is 12.5 Å². The maximum absolute atomic E-state index is 13.3. The lowest BCUT2D eigenvalue weighted by Gasteiger charge is -2.18. The van der Waals surface area contributed by atoms with Gasteiger partial charge in [0, 0.05) is 48.8 Å². The molecule has 1 amide bonds. The first-order valence-electron chi connectivity index (χ1n) is 12.1. The Kier molecular flexibility index (Phi) is 6.23. The number of benzene rings is 2. The summed E-state index contributed by atoms with van der Waals surface area (Å²) in [6, 6.07) is 20.4. The number of hydrogen-bond acceptors (Lipinski definition) is 5. The monoisotopic (exact) mass is 522 g/mol. The molecule has 188 valence electrons. The first-order valence-corrected chi connectivity index (χ1v) is 12.4. The summed E-state index contributed by atoms with van der Waals surface area (Å²) in [5.74, 6) is 0.530. The van der Waals surface area contributed by atoms with E-state index in [2.05, 4.69) is 15.3 Å². The summed E-state index contributed by atoms with van der Waals surface area (Å²) in [5.41, 5.74) is 4.33. The summed E-state index contributed by atoms with van der Waals surface area (Å²) in [4.78, 5) is 26.6. The van der Waals surface area contributed by atoms with E-state index < -0.39 is 6.04 Å². The van der Waals surface area contributed by atoms with Gasteiger partial charge >= 0.3 is 0 Å². The van der Waals surface area contributed by atoms with Crippen LogP contribution in [0, 0.1) is 0 Å². The molecule has 6 aromatic rings. The number of pyridine rings is 1. The van der Waals surface area contributed by atoms with Crippen LogP contribution in [0.3, 0.4) is 0 Å². The first-order chi connectivity index (χ1) is 18.6. The number of fused-ring (bicyclic) bond motifs is 1. The fourth-order valence-electron chi connectivity index (χ4n) is 4.53. The summed E-state index contributed by atoms with van der Waals surface area (Å²) in [6.45, 7) is 0. The molecule has 8 nitrogen and oxygen atoms in total. The van der Waals surface area contributed by atoms with E-state index in [1.54, 1.807) is 43.0 Å². The van der Waals surface area contributed by atoms with E-state index in [1.807, 2.05) is 71.0 Å². The highest BCUT2D eigenvalue weighted by molar-refractivity contribution is 6.35. The SMILES string of the molecule is Cn1c(-c2ccc(-n3ccnc3)cc2)cnc1C(Cc1ccccn1)NC(=O)c1cc2c(Cl)cccc2o1. The zero-order chi connectivity index (χ0) is 26.1. The molecular formula is C29H23ClN6O2. The van der Waals surface area contributed by atoms with Gasteiger partial charge in [-0.25, -0.2) is 9.97 Å². The molecule has 1 N–H and O–H groups in total. The molecule has 0 aliphatic rings. The Hall–Kier alpha value is -4.69. The topological polar surface area (TPSA) is 90.8 Å².